The molecular weight excluding hydrogens is 230 g/mol. The van der Waals surface area contributed by atoms with Gasteiger partial charge in [-0.05, 0) is 57.6 Å². The van der Waals surface area contributed by atoms with Crippen LogP contribution in [-0.2, 0) is 4.74 Å². The number of aryl methyl sites for hydroxylation is 2. The molecule has 1 aromatic rings. The van der Waals surface area contributed by atoms with Crippen LogP contribution in [0.1, 0.15) is 53.5 Å². The minimum atomic E-state index is 0.186. The predicted octanol–water partition coefficient (Wildman–Crippen LogP) is 3.71. The summed E-state index contributed by atoms with van der Waals surface area (Å²) in [6.45, 7) is 5.26. The van der Waals surface area contributed by atoms with Gasteiger partial charge in [-0.1, -0.05) is 0 Å². The normalized spacial score (nSPS) is 22.6. The Balaban J connectivity index is 1.84. The molecule has 2 nitrogen and oxygen atoms in total. The van der Waals surface area contributed by atoms with Crippen molar-refractivity contribution in [1.82, 2.24) is 0 Å². The van der Waals surface area contributed by atoms with Crippen molar-refractivity contribution in [3.05, 3.63) is 21.4 Å². The average molecular weight is 253 g/mol. The SMILES string of the molecule is Cc1cc(C(N)CCC2CCCCO2)c(C)s1. The summed E-state index contributed by atoms with van der Waals surface area (Å²) in [7, 11) is 0. The van der Waals surface area contributed by atoms with Crippen molar-refractivity contribution >= 4 is 11.3 Å². The number of ether oxygens (including phenoxy) is 1. The van der Waals surface area contributed by atoms with Crippen LogP contribution in [0.3, 0.4) is 0 Å². The van der Waals surface area contributed by atoms with Gasteiger partial charge in [0, 0.05) is 22.4 Å². The van der Waals surface area contributed by atoms with Crippen molar-refractivity contribution < 1.29 is 4.74 Å². The molecule has 0 spiro atoms. The maximum absolute atomic E-state index is 6.28. The van der Waals surface area contributed by atoms with E-state index in [1.165, 1.54) is 34.6 Å². The van der Waals surface area contributed by atoms with Gasteiger partial charge in [0.15, 0.2) is 0 Å². The molecule has 2 N–H and O–H groups in total. The Kier molecular flexibility index (Phi) is 4.60. The van der Waals surface area contributed by atoms with Crippen LogP contribution in [-0.4, -0.2) is 12.7 Å². The molecule has 0 radical (unpaired) electrons. The lowest BCUT2D eigenvalue weighted by molar-refractivity contribution is 0.00912. The van der Waals surface area contributed by atoms with Crippen LogP contribution in [0, 0.1) is 13.8 Å². The number of thiophene rings is 1. The highest BCUT2D eigenvalue weighted by molar-refractivity contribution is 7.12. The van der Waals surface area contributed by atoms with Gasteiger partial charge >= 0.3 is 0 Å². The van der Waals surface area contributed by atoms with Gasteiger partial charge in [-0.3, -0.25) is 0 Å². The third-order valence-corrected chi connectivity index (χ3v) is 4.53. The molecule has 1 saturated heterocycles. The maximum atomic E-state index is 6.28. The molecule has 0 amide bonds. The summed E-state index contributed by atoms with van der Waals surface area (Å²) in [5.41, 5.74) is 7.61. The van der Waals surface area contributed by atoms with Crippen molar-refractivity contribution in [3.8, 4) is 0 Å². The zero-order valence-corrected chi connectivity index (χ0v) is 11.7. The van der Waals surface area contributed by atoms with Gasteiger partial charge in [-0.25, -0.2) is 0 Å². The monoisotopic (exact) mass is 253 g/mol. The first kappa shape index (κ1) is 13.1. The lowest BCUT2D eigenvalue weighted by atomic mass is 9.98. The van der Waals surface area contributed by atoms with Gasteiger partial charge in [-0.2, -0.15) is 0 Å². The third-order valence-electron chi connectivity index (χ3n) is 3.55. The standard InChI is InChI=1S/C14H23NOS/c1-10-9-13(11(2)17-10)14(15)7-6-12-5-3-4-8-16-12/h9,12,14H,3-8,15H2,1-2H3. The summed E-state index contributed by atoms with van der Waals surface area (Å²) in [5, 5.41) is 0. The first-order valence-electron chi connectivity index (χ1n) is 6.61. The van der Waals surface area contributed by atoms with Crippen LogP contribution >= 0.6 is 11.3 Å². The zero-order valence-electron chi connectivity index (χ0n) is 10.9. The van der Waals surface area contributed by atoms with E-state index in [9.17, 15) is 0 Å². The molecule has 96 valence electrons. The van der Waals surface area contributed by atoms with Crippen LogP contribution in [0.4, 0.5) is 0 Å². The molecule has 2 atom stereocenters. The molecule has 1 aromatic heterocycles. The molecule has 2 heterocycles. The van der Waals surface area contributed by atoms with E-state index in [2.05, 4.69) is 19.9 Å². The number of rotatable bonds is 4. The second kappa shape index (κ2) is 5.98. The molecule has 2 unspecified atom stereocenters. The lowest BCUT2D eigenvalue weighted by Crippen LogP contribution is -2.21. The van der Waals surface area contributed by atoms with Crippen molar-refractivity contribution in [2.45, 2.75) is 58.1 Å². The van der Waals surface area contributed by atoms with E-state index in [1.807, 2.05) is 11.3 Å². The average Bonchev–Trinajstić information content (AvgIpc) is 2.67. The first-order valence-corrected chi connectivity index (χ1v) is 7.42. The maximum Gasteiger partial charge on any atom is 0.0575 e. The van der Waals surface area contributed by atoms with Gasteiger partial charge in [0.1, 0.15) is 0 Å². The van der Waals surface area contributed by atoms with Gasteiger partial charge in [0.25, 0.3) is 0 Å². The van der Waals surface area contributed by atoms with Crippen LogP contribution in [0.25, 0.3) is 0 Å². The van der Waals surface area contributed by atoms with E-state index in [-0.39, 0.29) is 6.04 Å². The number of nitrogens with two attached hydrogens (primary N) is 1. The lowest BCUT2D eigenvalue weighted by Gasteiger charge is -2.23. The Bertz CT molecular complexity index is 355. The third kappa shape index (κ3) is 3.54. The van der Waals surface area contributed by atoms with Crippen LogP contribution in [0.5, 0.6) is 0 Å². The van der Waals surface area contributed by atoms with Crippen LogP contribution < -0.4 is 5.73 Å². The topological polar surface area (TPSA) is 35.2 Å². The van der Waals surface area contributed by atoms with Gasteiger partial charge in [-0.15, -0.1) is 11.3 Å². The van der Waals surface area contributed by atoms with Gasteiger partial charge in [0.2, 0.25) is 0 Å². The van der Waals surface area contributed by atoms with Crippen molar-refractivity contribution in [2.75, 3.05) is 6.61 Å². The van der Waals surface area contributed by atoms with Gasteiger partial charge in [0.05, 0.1) is 6.10 Å². The smallest absolute Gasteiger partial charge is 0.0575 e. The van der Waals surface area contributed by atoms with Gasteiger partial charge < -0.3 is 10.5 Å². The predicted molar refractivity (Wildman–Crippen MR) is 73.5 cm³/mol. The zero-order chi connectivity index (χ0) is 12.3. The van der Waals surface area contributed by atoms with E-state index in [0.717, 1.165) is 19.4 Å². The van der Waals surface area contributed by atoms with E-state index in [0.29, 0.717) is 6.10 Å². The molecule has 0 saturated carbocycles. The molecule has 2 rings (SSSR count). The second-order valence-corrected chi connectivity index (χ2v) is 6.50. The molecule has 0 aromatic carbocycles. The summed E-state index contributed by atoms with van der Waals surface area (Å²) in [6.07, 6.45) is 6.36. The van der Waals surface area contributed by atoms with Crippen LogP contribution in [0.2, 0.25) is 0 Å². The molecular formula is C14H23NOS. The van der Waals surface area contributed by atoms with Crippen molar-refractivity contribution in [1.29, 1.82) is 0 Å². The second-order valence-electron chi connectivity index (χ2n) is 5.04. The van der Waals surface area contributed by atoms with E-state index in [1.54, 1.807) is 0 Å². The fourth-order valence-corrected chi connectivity index (χ4v) is 3.57. The molecule has 17 heavy (non-hydrogen) atoms. The molecule has 3 heteroatoms. The van der Waals surface area contributed by atoms with Crippen molar-refractivity contribution in [2.24, 2.45) is 5.73 Å². The van der Waals surface area contributed by atoms with Crippen molar-refractivity contribution in [3.63, 3.8) is 0 Å². The highest BCUT2D eigenvalue weighted by Gasteiger charge is 2.17. The Morgan fingerprint density at radius 1 is 1.47 bits per heavy atom. The summed E-state index contributed by atoms with van der Waals surface area (Å²) >= 11 is 1.85. The molecule has 1 aliphatic rings. The molecule has 0 aliphatic carbocycles. The summed E-state index contributed by atoms with van der Waals surface area (Å²) < 4.78 is 5.75. The van der Waals surface area contributed by atoms with E-state index < -0.39 is 0 Å². The number of hydrogen-bond acceptors (Lipinski definition) is 3. The summed E-state index contributed by atoms with van der Waals surface area (Å²) in [4.78, 5) is 2.74. The molecule has 0 bridgehead atoms. The fourth-order valence-electron chi connectivity index (χ4n) is 2.57. The minimum Gasteiger partial charge on any atom is -0.378 e. The Labute approximate surface area is 108 Å². The van der Waals surface area contributed by atoms with E-state index >= 15 is 0 Å². The molecule has 1 fully saturated rings. The largest absolute Gasteiger partial charge is 0.378 e. The molecule has 1 aliphatic heterocycles. The highest BCUT2D eigenvalue weighted by atomic mass is 32.1. The first-order chi connectivity index (χ1) is 8.16. The summed E-state index contributed by atoms with van der Waals surface area (Å²) in [5.74, 6) is 0. The summed E-state index contributed by atoms with van der Waals surface area (Å²) in [6, 6.07) is 2.43. The Morgan fingerprint density at radius 2 is 2.29 bits per heavy atom. The Hall–Kier alpha value is -0.380. The van der Waals surface area contributed by atoms with E-state index in [4.69, 9.17) is 10.5 Å². The Morgan fingerprint density at radius 3 is 2.88 bits per heavy atom. The highest BCUT2D eigenvalue weighted by Crippen LogP contribution is 2.29. The quantitative estimate of drug-likeness (QED) is 0.887. The fraction of sp³-hybridized carbons (Fsp3) is 0.714. The van der Waals surface area contributed by atoms with Crippen LogP contribution in [0.15, 0.2) is 6.07 Å². The minimum absolute atomic E-state index is 0.186. The number of hydrogen-bond donors (Lipinski definition) is 1.